The van der Waals surface area contributed by atoms with Crippen molar-refractivity contribution in [2.45, 2.75) is 33.1 Å². The Labute approximate surface area is 96.6 Å². The molecule has 0 fully saturated rings. The molecule has 0 aromatic rings. The van der Waals surface area contributed by atoms with E-state index in [1.165, 1.54) is 21.1 Å². The number of hydrogen-bond acceptors (Lipinski definition) is 4. The Morgan fingerprint density at radius 2 is 1.62 bits per heavy atom. The average Bonchev–Trinajstić information content (AvgIpc) is 2.32. The van der Waals surface area contributed by atoms with Crippen LogP contribution in [-0.2, 0) is 19.1 Å². The van der Waals surface area contributed by atoms with Crippen molar-refractivity contribution in [2.24, 2.45) is 5.41 Å². The van der Waals surface area contributed by atoms with Gasteiger partial charge in [-0.25, -0.2) is 0 Å². The van der Waals surface area contributed by atoms with Gasteiger partial charge >= 0.3 is 11.9 Å². The van der Waals surface area contributed by atoms with Crippen LogP contribution in [0.3, 0.4) is 0 Å². The summed E-state index contributed by atoms with van der Waals surface area (Å²) in [6.45, 7) is 3.59. The second kappa shape index (κ2) is 7.04. The number of carbonyl (C=O) groups excluding carboxylic acids is 2. The van der Waals surface area contributed by atoms with Crippen LogP contribution in [0.4, 0.5) is 0 Å². The normalized spacial score (nSPS) is 11.5. The molecule has 16 heavy (non-hydrogen) atoms. The second-order valence-corrected chi connectivity index (χ2v) is 3.78. The zero-order valence-electron chi connectivity index (χ0n) is 10.4. The first-order valence-electron chi connectivity index (χ1n) is 5.34. The van der Waals surface area contributed by atoms with E-state index in [1.807, 2.05) is 12.2 Å². The third-order valence-electron chi connectivity index (χ3n) is 2.42. The van der Waals surface area contributed by atoms with Gasteiger partial charge in [-0.15, -0.1) is 0 Å². The lowest BCUT2D eigenvalue weighted by molar-refractivity contribution is -0.167. The molecule has 0 aliphatic rings. The van der Waals surface area contributed by atoms with Crippen molar-refractivity contribution in [1.82, 2.24) is 0 Å². The summed E-state index contributed by atoms with van der Waals surface area (Å²) in [5.74, 6) is -1.14. The predicted molar refractivity (Wildman–Crippen MR) is 60.8 cm³/mol. The summed E-state index contributed by atoms with van der Waals surface area (Å²) in [4.78, 5) is 23.1. The quantitative estimate of drug-likeness (QED) is 0.397. The van der Waals surface area contributed by atoms with E-state index >= 15 is 0 Å². The minimum Gasteiger partial charge on any atom is -0.468 e. The van der Waals surface area contributed by atoms with Crippen LogP contribution < -0.4 is 0 Å². The van der Waals surface area contributed by atoms with E-state index in [0.717, 1.165) is 12.8 Å². The lowest BCUT2D eigenvalue weighted by atomic mass is 9.86. The van der Waals surface area contributed by atoms with Crippen LogP contribution in [0.15, 0.2) is 12.2 Å². The molecule has 0 unspecified atom stereocenters. The standard InChI is InChI=1S/C12H20O4/c1-5-6-7-8-9-12(2,10(13)15-3)11(14)16-4/h7-8H,5-6,9H2,1-4H3/b8-7-. The summed E-state index contributed by atoms with van der Waals surface area (Å²) in [5.41, 5.74) is -1.24. The number of ether oxygens (including phenoxy) is 2. The van der Waals surface area contributed by atoms with E-state index in [-0.39, 0.29) is 0 Å². The third-order valence-corrected chi connectivity index (χ3v) is 2.42. The fourth-order valence-corrected chi connectivity index (χ4v) is 1.30. The van der Waals surface area contributed by atoms with Crippen LogP contribution in [-0.4, -0.2) is 26.2 Å². The summed E-state index contributed by atoms with van der Waals surface area (Å²) in [7, 11) is 2.53. The molecule has 0 rings (SSSR count). The Morgan fingerprint density at radius 3 is 2.00 bits per heavy atom. The third kappa shape index (κ3) is 3.68. The van der Waals surface area contributed by atoms with Crippen LogP contribution in [0.2, 0.25) is 0 Å². The van der Waals surface area contributed by atoms with Crippen molar-refractivity contribution >= 4 is 11.9 Å². The fourth-order valence-electron chi connectivity index (χ4n) is 1.30. The molecule has 0 N–H and O–H groups in total. The van der Waals surface area contributed by atoms with E-state index in [2.05, 4.69) is 16.4 Å². The maximum Gasteiger partial charge on any atom is 0.323 e. The molecule has 0 atom stereocenters. The monoisotopic (exact) mass is 228 g/mol. The Hall–Kier alpha value is -1.32. The Bertz CT molecular complexity index is 252. The maximum absolute atomic E-state index is 11.5. The van der Waals surface area contributed by atoms with Gasteiger partial charge in [0.15, 0.2) is 5.41 Å². The first kappa shape index (κ1) is 14.7. The number of esters is 2. The molecule has 4 nitrogen and oxygen atoms in total. The molecule has 0 bridgehead atoms. The molecule has 0 amide bonds. The molecule has 0 heterocycles. The molecule has 0 radical (unpaired) electrons. The zero-order chi connectivity index (χ0) is 12.6. The van der Waals surface area contributed by atoms with Crippen LogP contribution in [0, 0.1) is 5.41 Å². The number of rotatable bonds is 6. The number of hydrogen-bond donors (Lipinski definition) is 0. The van der Waals surface area contributed by atoms with Crippen molar-refractivity contribution in [2.75, 3.05) is 14.2 Å². The predicted octanol–water partition coefficient (Wildman–Crippen LogP) is 2.09. The lowest BCUT2D eigenvalue weighted by Gasteiger charge is -2.21. The van der Waals surface area contributed by atoms with Crippen LogP contribution >= 0.6 is 0 Å². The minimum absolute atomic E-state index is 0.298. The van der Waals surface area contributed by atoms with Gasteiger partial charge in [0.1, 0.15) is 0 Å². The van der Waals surface area contributed by atoms with Gasteiger partial charge in [0.05, 0.1) is 14.2 Å². The maximum atomic E-state index is 11.5. The Kier molecular flexibility index (Phi) is 6.46. The minimum atomic E-state index is -1.24. The molecule has 0 saturated carbocycles. The van der Waals surface area contributed by atoms with Crippen molar-refractivity contribution in [1.29, 1.82) is 0 Å². The van der Waals surface area contributed by atoms with E-state index in [0.29, 0.717) is 6.42 Å². The topological polar surface area (TPSA) is 52.6 Å². The molecule has 0 saturated heterocycles. The summed E-state index contributed by atoms with van der Waals surface area (Å²) in [6, 6.07) is 0. The van der Waals surface area contributed by atoms with Gasteiger partial charge in [0, 0.05) is 0 Å². The number of carbonyl (C=O) groups is 2. The van der Waals surface area contributed by atoms with Gasteiger partial charge in [0.2, 0.25) is 0 Å². The van der Waals surface area contributed by atoms with Crippen molar-refractivity contribution in [3.63, 3.8) is 0 Å². The van der Waals surface area contributed by atoms with E-state index in [4.69, 9.17) is 0 Å². The molecular weight excluding hydrogens is 208 g/mol. The highest BCUT2D eigenvalue weighted by molar-refractivity contribution is 5.99. The van der Waals surface area contributed by atoms with Crippen molar-refractivity contribution in [3.8, 4) is 0 Å². The van der Waals surface area contributed by atoms with E-state index in [9.17, 15) is 9.59 Å². The molecule has 0 aliphatic carbocycles. The fraction of sp³-hybridized carbons (Fsp3) is 0.667. The molecule has 0 aliphatic heterocycles. The Balaban J connectivity index is 4.67. The van der Waals surface area contributed by atoms with E-state index < -0.39 is 17.4 Å². The van der Waals surface area contributed by atoms with Crippen molar-refractivity contribution < 1.29 is 19.1 Å². The smallest absolute Gasteiger partial charge is 0.323 e. The molecule has 0 aromatic heterocycles. The molecular formula is C12H20O4. The number of unbranched alkanes of at least 4 members (excludes halogenated alkanes) is 1. The number of methoxy groups -OCH3 is 2. The number of allylic oxidation sites excluding steroid dienone is 2. The first-order chi connectivity index (χ1) is 7.52. The average molecular weight is 228 g/mol. The SMILES string of the molecule is CCC/C=C\CC(C)(C(=O)OC)C(=O)OC. The molecule has 92 valence electrons. The van der Waals surface area contributed by atoms with Gasteiger partial charge in [-0.1, -0.05) is 25.5 Å². The van der Waals surface area contributed by atoms with Crippen LogP contribution in [0.1, 0.15) is 33.1 Å². The lowest BCUT2D eigenvalue weighted by Crippen LogP contribution is -2.38. The van der Waals surface area contributed by atoms with Gasteiger partial charge in [0.25, 0.3) is 0 Å². The van der Waals surface area contributed by atoms with Crippen LogP contribution in [0.5, 0.6) is 0 Å². The van der Waals surface area contributed by atoms with Gasteiger partial charge < -0.3 is 9.47 Å². The van der Waals surface area contributed by atoms with Gasteiger partial charge in [-0.2, -0.15) is 0 Å². The zero-order valence-corrected chi connectivity index (χ0v) is 10.4. The molecule has 0 aromatic carbocycles. The van der Waals surface area contributed by atoms with Gasteiger partial charge in [-0.3, -0.25) is 9.59 Å². The summed E-state index contributed by atoms with van der Waals surface area (Å²) >= 11 is 0. The highest BCUT2D eigenvalue weighted by atomic mass is 16.5. The largest absolute Gasteiger partial charge is 0.468 e. The first-order valence-corrected chi connectivity index (χ1v) is 5.34. The van der Waals surface area contributed by atoms with Gasteiger partial charge in [-0.05, 0) is 19.8 Å². The van der Waals surface area contributed by atoms with Crippen molar-refractivity contribution in [3.05, 3.63) is 12.2 Å². The van der Waals surface area contributed by atoms with E-state index in [1.54, 1.807) is 0 Å². The molecule has 4 heteroatoms. The molecule has 0 spiro atoms. The van der Waals surface area contributed by atoms with Crippen LogP contribution in [0.25, 0.3) is 0 Å². The summed E-state index contributed by atoms with van der Waals surface area (Å²) in [6.07, 6.45) is 6.02. The Morgan fingerprint density at radius 1 is 1.12 bits per heavy atom. The summed E-state index contributed by atoms with van der Waals surface area (Å²) < 4.78 is 9.24. The highest BCUT2D eigenvalue weighted by Crippen LogP contribution is 2.25. The second-order valence-electron chi connectivity index (χ2n) is 3.78. The summed E-state index contributed by atoms with van der Waals surface area (Å²) in [5, 5.41) is 0. The highest BCUT2D eigenvalue weighted by Gasteiger charge is 2.42.